The van der Waals surface area contributed by atoms with Gasteiger partial charge >= 0.3 is 5.97 Å². The van der Waals surface area contributed by atoms with Gasteiger partial charge in [-0.3, -0.25) is 9.59 Å². The average Bonchev–Trinajstić information content (AvgIpc) is 2.40. The summed E-state index contributed by atoms with van der Waals surface area (Å²) in [6, 6.07) is 2.71. The molecule has 0 radical (unpaired) electrons. The monoisotopic (exact) mass is 262 g/mol. The first-order valence-electron chi connectivity index (χ1n) is 5.42. The minimum absolute atomic E-state index is 0.111. The van der Waals surface area contributed by atoms with E-state index in [9.17, 15) is 14.4 Å². The van der Waals surface area contributed by atoms with Crippen LogP contribution < -0.4 is 10.7 Å². The maximum absolute atomic E-state index is 11.8. The number of carbonyl (C=O) groups excluding carboxylic acids is 2. The van der Waals surface area contributed by atoms with Crippen LogP contribution in [0.15, 0.2) is 23.4 Å². The lowest BCUT2D eigenvalue weighted by Gasteiger charge is -2.11. The van der Waals surface area contributed by atoms with E-state index in [1.807, 2.05) is 0 Å². The lowest BCUT2D eigenvalue weighted by atomic mass is 10.1. The normalized spacial score (nSPS) is 14.3. The van der Waals surface area contributed by atoms with Crippen LogP contribution in [0.1, 0.15) is 23.3 Å². The fraction of sp³-hybridized carbons (Fsp3) is 0.182. The summed E-state index contributed by atoms with van der Waals surface area (Å²) in [6.45, 7) is 0. The Morgan fingerprint density at radius 1 is 1.32 bits per heavy atom. The van der Waals surface area contributed by atoms with E-state index >= 15 is 0 Å². The summed E-state index contributed by atoms with van der Waals surface area (Å²) in [6.07, 6.45) is 1.71. The number of hydrogen-bond acceptors (Lipinski definition) is 5. The molecule has 8 heteroatoms. The SMILES string of the molecule is O=C1CCC(C(=O)Nc2ccc(C(=O)O)nc2)=NN1. The van der Waals surface area contributed by atoms with Crippen molar-refractivity contribution < 1.29 is 19.5 Å². The third-order valence-electron chi connectivity index (χ3n) is 2.41. The van der Waals surface area contributed by atoms with E-state index in [-0.39, 0.29) is 30.2 Å². The molecule has 1 aliphatic rings. The topological polar surface area (TPSA) is 121 Å². The third kappa shape index (κ3) is 3.12. The first-order chi connectivity index (χ1) is 9.06. The molecule has 0 aliphatic carbocycles. The zero-order valence-electron chi connectivity index (χ0n) is 9.71. The van der Waals surface area contributed by atoms with Gasteiger partial charge in [0.2, 0.25) is 5.91 Å². The molecule has 8 nitrogen and oxygen atoms in total. The minimum Gasteiger partial charge on any atom is -0.477 e. The number of carboxylic acids is 1. The molecule has 3 N–H and O–H groups in total. The summed E-state index contributed by atoms with van der Waals surface area (Å²) in [7, 11) is 0. The summed E-state index contributed by atoms with van der Waals surface area (Å²) in [5.74, 6) is -1.83. The smallest absolute Gasteiger partial charge is 0.354 e. The van der Waals surface area contributed by atoms with E-state index < -0.39 is 11.9 Å². The van der Waals surface area contributed by atoms with Crippen molar-refractivity contribution in [3.05, 3.63) is 24.0 Å². The number of nitrogens with zero attached hydrogens (tertiary/aromatic N) is 2. The number of rotatable bonds is 3. The van der Waals surface area contributed by atoms with Crippen LogP contribution in [0.3, 0.4) is 0 Å². The molecule has 19 heavy (non-hydrogen) atoms. The van der Waals surface area contributed by atoms with Gasteiger partial charge in [-0.05, 0) is 12.1 Å². The Balaban J connectivity index is 2.03. The van der Waals surface area contributed by atoms with Gasteiger partial charge in [0.15, 0.2) is 0 Å². The van der Waals surface area contributed by atoms with Gasteiger partial charge in [-0.25, -0.2) is 15.2 Å². The van der Waals surface area contributed by atoms with E-state index in [0.29, 0.717) is 5.69 Å². The van der Waals surface area contributed by atoms with Crippen molar-refractivity contribution in [2.24, 2.45) is 5.10 Å². The van der Waals surface area contributed by atoms with Gasteiger partial charge in [-0.15, -0.1) is 0 Å². The van der Waals surface area contributed by atoms with E-state index in [1.54, 1.807) is 0 Å². The second kappa shape index (κ2) is 5.25. The second-order valence-electron chi connectivity index (χ2n) is 3.78. The molecule has 1 aromatic rings. The third-order valence-corrected chi connectivity index (χ3v) is 2.41. The van der Waals surface area contributed by atoms with Crippen LogP contribution in [-0.2, 0) is 9.59 Å². The van der Waals surface area contributed by atoms with Crippen molar-refractivity contribution in [1.29, 1.82) is 0 Å². The molecule has 1 aromatic heterocycles. The number of carboxylic acid groups (broad SMARTS) is 1. The van der Waals surface area contributed by atoms with E-state index in [4.69, 9.17) is 5.11 Å². The standard InChI is InChI=1S/C11H10N4O4/c16-9-4-3-7(14-15-9)10(17)13-6-1-2-8(11(18)19)12-5-6/h1-2,5H,3-4H2,(H,13,17)(H,15,16)(H,18,19). The summed E-state index contributed by atoms with van der Waals surface area (Å²) < 4.78 is 0. The predicted molar refractivity (Wildman–Crippen MR) is 64.6 cm³/mol. The number of hydrogen-bond donors (Lipinski definition) is 3. The molecule has 0 spiro atoms. The van der Waals surface area contributed by atoms with Crippen molar-refractivity contribution in [3.63, 3.8) is 0 Å². The molecule has 2 amide bonds. The number of aromatic nitrogens is 1. The van der Waals surface area contributed by atoms with Crippen molar-refractivity contribution in [1.82, 2.24) is 10.4 Å². The highest BCUT2D eigenvalue weighted by Crippen LogP contribution is 2.08. The molecule has 98 valence electrons. The Hall–Kier alpha value is -2.77. The molecular weight excluding hydrogens is 252 g/mol. The van der Waals surface area contributed by atoms with Crippen LogP contribution in [0, 0.1) is 0 Å². The largest absolute Gasteiger partial charge is 0.477 e. The number of aromatic carboxylic acids is 1. The van der Waals surface area contributed by atoms with Crippen molar-refractivity contribution in [2.75, 3.05) is 5.32 Å². The average molecular weight is 262 g/mol. The van der Waals surface area contributed by atoms with Gasteiger partial charge in [-0.1, -0.05) is 0 Å². The van der Waals surface area contributed by atoms with Gasteiger partial charge in [-0.2, -0.15) is 5.10 Å². The maximum atomic E-state index is 11.8. The van der Waals surface area contributed by atoms with Crippen molar-refractivity contribution in [3.8, 4) is 0 Å². The molecular formula is C11H10N4O4. The molecule has 0 fully saturated rings. The Morgan fingerprint density at radius 2 is 2.11 bits per heavy atom. The molecule has 2 heterocycles. The molecule has 0 saturated heterocycles. The quantitative estimate of drug-likeness (QED) is 0.707. The van der Waals surface area contributed by atoms with E-state index in [0.717, 1.165) is 0 Å². The van der Waals surface area contributed by atoms with Crippen LogP contribution >= 0.6 is 0 Å². The number of hydrazone groups is 1. The van der Waals surface area contributed by atoms with Gasteiger partial charge in [0, 0.05) is 12.8 Å². The Kier molecular flexibility index (Phi) is 3.51. The molecule has 1 aliphatic heterocycles. The molecule has 0 aromatic carbocycles. The van der Waals surface area contributed by atoms with Gasteiger partial charge in [0.05, 0.1) is 11.9 Å². The van der Waals surface area contributed by atoms with E-state index in [2.05, 4.69) is 20.8 Å². The number of carbonyl (C=O) groups is 3. The van der Waals surface area contributed by atoms with Gasteiger partial charge in [0.25, 0.3) is 5.91 Å². The number of anilines is 1. The van der Waals surface area contributed by atoms with E-state index in [1.165, 1.54) is 18.3 Å². The molecule has 0 saturated carbocycles. The molecule has 0 unspecified atom stereocenters. The summed E-state index contributed by atoms with van der Waals surface area (Å²) in [5, 5.41) is 14.8. The number of amides is 2. The highest BCUT2D eigenvalue weighted by atomic mass is 16.4. The summed E-state index contributed by atoms with van der Waals surface area (Å²) in [4.78, 5) is 36.9. The van der Waals surface area contributed by atoms with Crippen LogP contribution in [0.5, 0.6) is 0 Å². The second-order valence-corrected chi connectivity index (χ2v) is 3.78. The first kappa shape index (κ1) is 12.7. The van der Waals surface area contributed by atoms with Gasteiger partial charge in [0.1, 0.15) is 11.4 Å². The molecule has 0 atom stereocenters. The molecule has 0 bridgehead atoms. The lowest BCUT2D eigenvalue weighted by molar-refractivity contribution is -0.121. The number of nitrogens with one attached hydrogen (secondary N) is 2. The highest BCUT2D eigenvalue weighted by molar-refractivity contribution is 6.43. The first-order valence-corrected chi connectivity index (χ1v) is 5.42. The van der Waals surface area contributed by atoms with Crippen molar-refractivity contribution in [2.45, 2.75) is 12.8 Å². The van der Waals surface area contributed by atoms with Crippen LogP contribution in [0.4, 0.5) is 5.69 Å². The highest BCUT2D eigenvalue weighted by Gasteiger charge is 2.18. The lowest BCUT2D eigenvalue weighted by Crippen LogP contribution is -2.32. The summed E-state index contributed by atoms with van der Waals surface area (Å²) >= 11 is 0. The van der Waals surface area contributed by atoms with Crippen LogP contribution in [0.2, 0.25) is 0 Å². The fourth-order valence-electron chi connectivity index (χ4n) is 1.44. The zero-order valence-corrected chi connectivity index (χ0v) is 9.71. The number of pyridine rings is 1. The van der Waals surface area contributed by atoms with Gasteiger partial charge < -0.3 is 10.4 Å². The maximum Gasteiger partial charge on any atom is 0.354 e. The molecule has 2 rings (SSSR count). The summed E-state index contributed by atoms with van der Waals surface area (Å²) in [5.41, 5.74) is 2.67. The van der Waals surface area contributed by atoms with Crippen LogP contribution in [-0.4, -0.2) is 33.6 Å². The fourth-order valence-corrected chi connectivity index (χ4v) is 1.44. The Labute approximate surface area is 107 Å². The Morgan fingerprint density at radius 3 is 2.63 bits per heavy atom. The van der Waals surface area contributed by atoms with Crippen molar-refractivity contribution >= 4 is 29.2 Å². The Bertz CT molecular complexity index is 565. The van der Waals surface area contributed by atoms with Crippen LogP contribution in [0.25, 0.3) is 0 Å². The predicted octanol–water partition coefficient (Wildman–Crippen LogP) is -0.0157. The minimum atomic E-state index is -1.14. The zero-order chi connectivity index (χ0) is 13.8.